The topological polar surface area (TPSA) is 72.1 Å². The van der Waals surface area contributed by atoms with E-state index in [1.165, 1.54) is 0 Å². The largest absolute Gasteiger partial charge is 0.496 e. The molecule has 0 unspecified atom stereocenters. The smallest absolute Gasteiger partial charge is 0.238 e. The number of ether oxygens (including phenoxy) is 3. The number of methoxy groups -OCH3 is 1. The molecule has 0 bridgehead atoms. The SMILES string of the molecule is COc1ccccc1[C@@H]1CNCCN1CC(=O)Nc1ccc2c(c1)OCCCO2. The molecule has 1 fully saturated rings. The van der Waals surface area contributed by atoms with Gasteiger partial charge in [-0.3, -0.25) is 9.69 Å². The number of piperazine rings is 1. The fourth-order valence-electron chi connectivity index (χ4n) is 3.81. The second-order valence-corrected chi connectivity index (χ2v) is 7.19. The number of nitrogens with zero attached hydrogens (tertiary/aromatic N) is 1. The Kier molecular flexibility index (Phi) is 6.17. The number of nitrogens with one attached hydrogen (secondary N) is 2. The average molecular weight is 397 g/mol. The van der Waals surface area contributed by atoms with Gasteiger partial charge < -0.3 is 24.8 Å². The summed E-state index contributed by atoms with van der Waals surface area (Å²) >= 11 is 0. The van der Waals surface area contributed by atoms with E-state index in [1.54, 1.807) is 7.11 Å². The van der Waals surface area contributed by atoms with Crippen molar-refractivity contribution in [2.75, 3.05) is 51.8 Å². The molecule has 2 aromatic rings. The summed E-state index contributed by atoms with van der Waals surface area (Å²) < 4.78 is 16.9. The molecule has 7 nitrogen and oxygen atoms in total. The van der Waals surface area contributed by atoms with Crippen LogP contribution in [-0.4, -0.2) is 57.3 Å². The van der Waals surface area contributed by atoms with Crippen LogP contribution in [0.1, 0.15) is 18.0 Å². The first-order valence-corrected chi connectivity index (χ1v) is 10.0. The number of amides is 1. The number of carbonyl (C=O) groups excluding carboxylic acids is 1. The fourth-order valence-corrected chi connectivity index (χ4v) is 3.81. The molecule has 2 N–H and O–H groups in total. The molecule has 2 aliphatic heterocycles. The minimum atomic E-state index is -0.0544. The Morgan fingerprint density at radius 2 is 2.03 bits per heavy atom. The number of anilines is 1. The van der Waals surface area contributed by atoms with E-state index in [2.05, 4.69) is 21.6 Å². The highest BCUT2D eigenvalue weighted by Crippen LogP contribution is 2.33. The molecule has 0 spiro atoms. The normalized spacial score (nSPS) is 19.3. The van der Waals surface area contributed by atoms with E-state index < -0.39 is 0 Å². The van der Waals surface area contributed by atoms with E-state index in [0.717, 1.165) is 43.1 Å². The summed E-state index contributed by atoms with van der Waals surface area (Å²) in [7, 11) is 1.68. The zero-order valence-corrected chi connectivity index (χ0v) is 16.6. The molecular formula is C22H27N3O4. The fraction of sp³-hybridized carbons (Fsp3) is 0.409. The van der Waals surface area contributed by atoms with Crippen LogP contribution in [0.25, 0.3) is 0 Å². The summed E-state index contributed by atoms with van der Waals surface area (Å²) in [6, 6.07) is 13.6. The Hall–Kier alpha value is -2.77. The van der Waals surface area contributed by atoms with Crippen molar-refractivity contribution in [2.45, 2.75) is 12.5 Å². The van der Waals surface area contributed by atoms with Gasteiger partial charge in [0.15, 0.2) is 11.5 Å². The number of benzene rings is 2. The van der Waals surface area contributed by atoms with Crippen LogP contribution in [0.4, 0.5) is 5.69 Å². The standard InChI is InChI=1S/C22H27N3O4/c1-27-19-6-3-2-5-17(19)18-14-23-9-10-25(18)15-22(26)24-16-7-8-20-21(13-16)29-12-4-11-28-20/h2-3,5-8,13,18,23H,4,9-12,14-15H2,1H3,(H,24,26)/t18-/m0/s1. The number of hydrogen-bond donors (Lipinski definition) is 2. The highest BCUT2D eigenvalue weighted by Gasteiger charge is 2.27. The van der Waals surface area contributed by atoms with Crippen LogP contribution in [0.2, 0.25) is 0 Å². The van der Waals surface area contributed by atoms with Crippen molar-refractivity contribution >= 4 is 11.6 Å². The highest BCUT2D eigenvalue weighted by molar-refractivity contribution is 5.92. The van der Waals surface area contributed by atoms with Gasteiger partial charge in [0.25, 0.3) is 0 Å². The average Bonchev–Trinajstić information content (AvgIpc) is 2.99. The molecule has 1 saturated heterocycles. The molecule has 29 heavy (non-hydrogen) atoms. The number of fused-ring (bicyclic) bond motifs is 1. The molecule has 2 heterocycles. The van der Waals surface area contributed by atoms with Gasteiger partial charge >= 0.3 is 0 Å². The molecule has 0 aromatic heterocycles. The van der Waals surface area contributed by atoms with E-state index in [4.69, 9.17) is 14.2 Å². The van der Waals surface area contributed by atoms with Gasteiger partial charge in [-0.15, -0.1) is 0 Å². The molecular weight excluding hydrogens is 370 g/mol. The maximum atomic E-state index is 12.8. The van der Waals surface area contributed by atoms with Crippen LogP contribution in [0.3, 0.4) is 0 Å². The lowest BCUT2D eigenvalue weighted by Crippen LogP contribution is -2.48. The Balaban J connectivity index is 1.44. The van der Waals surface area contributed by atoms with Crippen LogP contribution < -0.4 is 24.8 Å². The summed E-state index contributed by atoms with van der Waals surface area (Å²) in [6.45, 7) is 3.98. The maximum Gasteiger partial charge on any atom is 0.238 e. The summed E-state index contributed by atoms with van der Waals surface area (Å²) in [5, 5.41) is 6.41. The third kappa shape index (κ3) is 4.63. The minimum absolute atomic E-state index is 0.0544. The van der Waals surface area contributed by atoms with Gasteiger partial charge in [-0.05, 0) is 18.2 Å². The molecule has 1 amide bonds. The minimum Gasteiger partial charge on any atom is -0.496 e. The zero-order valence-electron chi connectivity index (χ0n) is 16.6. The number of para-hydroxylation sites is 1. The second-order valence-electron chi connectivity index (χ2n) is 7.19. The molecule has 0 radical (unpaired) electrons. The summed E-state index contributed by atoms with van der Waals surface area (Å²) in [6.07, 6.45) is 0.851. The Morgan fingerprint density at radius 1 is 1.21 bits per heavy atom. The van der Waals surface area contributed by atoms with Crippen molar-refractivity contribution in [1.29, 1.82) is 0 Å². The second kappa shape index (κ2) is 9.15. The first-order chi connectivity index (χ1) is 14.2. The third-order valence-corrected chi connectivity index (χ3v) is 5.23. The van der Waals surface area contributed by atoms with Gasteiger partial charge in [0.05, 0.1) is 32.9 Å². The molecule has 154 valence electrons. The molecule has 7 heteroatoms. The lowest BCUT2D eigenvalue weighted by Gasteiger charge is -2.36. The van der Waals surface area contributed by atoms with E-state index in [1.807, 2.05) is 36.4 Å². The van der Waals surface area contributed by atoms with E-state index in [-0.39, 0.29) is 11.9 Å². The van der Waals surface area contributed by atoms with E-state index >= 15 is 0 Å². The van der Waals surface area contributed by atoms with Gasteiger partial charge in [0, 0.05) is 43.4 Å². The Labute approximate surface area is 170 Å². The predicted molar refractivity (Wildman–Crippen MR) is 111 cm³/mol. The van der Waals surface area contributed by atoms with Crippen molar-refractivity contribution in [3.8, 4) is 17.2 Å². The summed E-state index contributed by atoms with van der Waals surface area (Å²) in [4.78, 5) is 15.0. The Morgan fingerprint density at radius 3 is 2.90 bits per heavy atom. The highest BCUT2D eigenvalue weighted by atomic mass is 16.5. The molecule has 2 aromatic carbocycles. The molecule has 2 aliphatic rings. The number of hydrogen-bond acceptors (Lipinski definition) is 6. The predicted octanol–water partition coefficient (Wildman–Crippen LogP) is 2.44. The van der Waals surface area contributed by atoms with Crippen LogP contribution in [0.5, 0.6) is 17.2 Å². The third-order valence-electron chi connectivity index (χ3n) is 5.23. The number of rotatable bonds is 5. The lowest BCUT2D eigenvalue weighted by atomic mass is 10.0. The van der Waals surface area contributed by atoms with Gasteiger partial charge in [-0.1, -0.05) is 18.2 Å². The van der Waals surface area contributed by atoms with Gasteiger partial charge in [-0.25, -0.2) is 0 Å². The van der Waals surface area contributed by atoms with Crippen LogP contribution >= 0.6 is 0 Å². The molecule has 0 aliphatic carbocycles. The monoisotopic (exact) mass is 397 g/mol. The molecule has 0 saturated carbocycles. The van der Waals surface area contributed by atoms with Crippen molar-refractivity contribution < 1.29 is 19.0 Å². The van der Waals surface area contributed by atoms with Gasteiger partial charge in [-0.2, -0.15) is 0 Å². The molecule has 4 rings (SSSR count). The van der Waals surface area contributed by atoms with Gasteiger partial charge in [0.1, 0.15) is 5.75 Å². The van der Waals surface area contributed by atoms with E-state index in [0.29, 0.717) is 31.2 Å². The number of carbonyl (C=O) groups is 1. The van der Waals surface area contributed by atoms with Crippen LogP contribution in [0, 0.1) is 0 Å². The Bertz CT molecular complexity index is 858. The van der Waals surface area contributed by atoms with E-state index in [9.17, 15) is 4.79 Å². The summed E-state index contributed by atoms with van der Waals surface area (Å²) in [5.41, 5.74) is 1.80. The first-order valence-electron chi connectivity index (χ1n) is 10.0. The van der Waals surface area contributed by atoms with Crippen molar-refractivity contribution in [1.82, 2.24) is 10.2 Å². The first kappa shape index (κ1) is 19.5. The molecule has 1 atom stereocenters. The van der Waals surface area contributed by atoms with Crippen molar-refractivity contribution in [3.63, 3.8) is 0 Å². The lowest BCUT2D eigenvalue weighted by molar-refractivity contribution is -0.118. The maximum absolute atomic E-state index is 12.8. The summed E-state index contributed by atoms with van der Waals surface area (Å²) in [5.74, 6) is 2.18. The van der Waals surface area contributed by atoms with Crippen LogP contribution in [-0.2, 0) is 4.79 Å². The van der Waals surface area contributed by atoms with Gasteiger partial charge in [0.2, 0.25) is 5.91 Å². The van der Waals surface area contributed by atoms with Crippen molar-refractivity contribution in [2.24, 2.45) is 0 Å². The quantitative estimate of drug-likeness (QED) is 0.808. The van der Waals surface area contributed by atoms with Crippen molar-refractivity contribution in [3.05, 3.63) is 48.0 Å². The van der Waals surface area contributed by atoms with Crippen LogP contribution in [0.15, 0.2) is 42.5 Å². The zero-order chi connectivity index (χ0) is 20.1.